The number of aliphatic hydroxyl groups is 1. The molecule has 0 spiro atoms. The highest BCUT2D eigenvalue weighted by atomic mass is 32.2. The van der Waals surface area contributed by atoms with E-state index in [-0.39, 0.29) is 12.4 Å². The Morgan fingerprint density at radius 2 is 1.80 bits per heavy atom. The Kier molecular flexibility index (Phi) is 4.64. The molecule has 62 valence electrons. The first-order chi connectivity index (χ1) is 4.56. The van der Waals surface area contributed by atoms with E-state index < -0.39 is 9.84 Å². The second-order valence-corrected chi connectivity index (χ2v) is 4.67. The van der Waals surface area contributed by atoms with Crippen LogP contribution in [0.3, 0.4) is 0 Å². The van der Waals surface area contributed by atoms with Crippen molar-refractivity contribution in [2.75, 3.05) is 18.6 Å². The van der Waals surface area contributed by atoms with E-state index in [0.717, 1.165) is 6.42 Å². The molecule has 0 rings (SSSR count). The number of aliphatic hydroxyl groups excluding tert-OH is 1. The normalized spacial score (nSPS) is 11.8. The van der Waals surface area contributed by atoms with Crippen LogP contribution in [0.15, 0.2) is 0 Å². The highest BCUT2D eigenvalue weighted by molar-refractivity contribution is 7.90. The molecule has 0 amide bonds. The minimum absolute atomic E-state index is 0.157. The van der Waals surface area contributed by atoms with Crippen LogP contribution in [0.1, 0.15) is 19.3 Å². The van der Waals surface area contributed by atoms with Crippen LogP contribution in [0.2, 0.25) is 0 Å². The second kappa shape index (κ2) is 4.68. The van der Waals surface area contributed by atoms with Crippen molar-refractivity contribution in [2.45, 2.75) is 19.3 Å². The minimum Gasteiger partial charge on any atom is -0.396 e. The van der Waals surface area contributed by atoms with Crippen molar-refractivity contribution < 1.29 is 13.5 Å². The van der Waals surface area contributed by atoms with E-state index in [1.807, 2.05) is 0 Å². The van der Waals surface area contributed by atoms with E-state index in [1.165, 1.54) is 6.26 Å². The average molecular weight is 166 g/mol. The van der Waals surface area contributed by atoms with Gasteiger partial charge in [-0.15, -0.1) is 0 Å². The van der Waals surface area contributed by atoms with Gasteiger partial charge < -0.3 is 5.11 Å². The van der Waals surface area contributed by atoms with Crippen molar-refractivity contribution in [3.63, 3.8) is 0 Å². The lowest BCUT2D eigenvalue weighted by Crippen LogP contribution is -2.02. The molecule has 3 nitrogen and oxygen atoms in total. The van der Waals surface area contributed by atoms with Gasteiger partial charge in [0.25, 0.3) is 0 Å². The number of unbranched alkanes of at least 4 members (excludes halogenated alkanes) is 2. The average Bonchev–Trinajstić information content (AvgIpc) is 1.78. The van der Waals surface area contributed by atoms with Crippen molar-refractivity contribution in [1.29, 1.82) is 0 Å². The number of hydrogen-bond donors (Lipinski definition) is 1. The van der Waals surface area contributed by atoms with Crippen LogP contribution in [0.25, 0.3) is 0 Å². The smallest absolute Gasteiger partial charge is 0.147 e. The minimum atomic E-state index is -2.79. The van der Waals surface area contributed by atoms with Gasteiger partial charge in [0.05, 0.1) is 0 Å². The van der Waals surface area contributed by atoms with Gasteiger partial charge in [-0.3, -0.25) is 0 Å². The summed E-state index contributed by atoms with van der Waals surface area (Å²) in [5.74, 6) is 0.243. The molecule has 0 atom stereocenters. The van der Waals surface area contributed by atoms with Crippen molar-refractivity contribution in [3.05, 3.63) is 0 Å². The van der Waals surface area contributed by atoms with Crippen LogP contribution in [-0.2, 0) is 9.84 Å². The lowest BCUT2D eigenvalue weighted by molar-refractivity contribution is 0.284. The highest BCUT2D eigenvalue weighted by Crippen LogP contribution is 1.96. The zero-order chi connectivity index (χ0) is 8.04. The van der Waals surface area contributed by atoms with Gasteiger partial charge in [-0.1, -0.05) is 6.42 Å². The first-order valence-electron chi connectivity index (χ1n) is 3.35. The maximum absolute atomic E-state index is 10.5. The fourth-order valence-electron chi connectivity index (χ4n) is 0.653. The van der Waals surface area contributed by atoms with Crippen LogP contribution in [0.4, 0.5) is 0 Å². The topological polar surface area (TPSA) is 54.4 Å². The van der Waals surface area contributed by atoms with Gasteiger partial charge in [0, 0.05) is 18.6 Å². The lowest BCUT2D eigenvalue weighted by Gasteiger charge is -1.95. The van der Waals surface area contributed by atoms with Crippen LogP contribution < -0.4 is 0 Å². The largest absolute Gasteiger partial charge is 0.396 e. The highest BCUT2D eigenvalue weighted by Gasteiger charge is 1.99. The first-order valence-corrected chi connectivity index (χ1v) is 5.41. The van der Waals surface area contributed by atoms with Crippen LogP contribution in [-0.4, -0.2) is 32.1 Å². The molecule has 0 aromatic heterocycles. The standard InChI is InChI=1S/C6H14O3S/c1-10(8,9)6-4-2-3-5-7/h7H,2-6H2,1H3. The molecule has 10 heavy (non-hydrogen) atoms. The van der Waals surface area contributed by atoms with E-state index in [0.29, 0.717) is 12.8 Å². The van der Waals surface area contributed by atoms with Crippen LogP contribution in [0.5, 0.6) is 0 Å². The molecule has 0 aliphatic carbocycles. The Labute approximate surface area is 62.0 Å². The van der Waals surface area contributed by atoms with Gasteiger partial charge in [-0.2, -0.15) is 0 Å². The van der Waals surface area contributed by atoms with Crippen molar-refractivity contribution in [1.82, 2.24) is 0 Å². The summed E-state index contributed by atoms with van der Waals surface area (Å²) in [4.78, 5) is 0. The predicted octanol–water partition coefficient (Wildman–Crippen LogP) is 0.194. The zero-order valence-electron chi connectivity index (χ0n) is 6.21. The molecule has 0 heterocycles. The Hall–Kier alpha value is -0.0900. The maximum atomic E-state index is 10.5. The molecule has 0 saturated heterocycles. The van der Waals surface area contributed by atoms with Gasteiger partial charge >= 0.3 is 0 Å². The molecule has 0 fully saturated rings. The third-order valence-electron chi connectivity index (χ3n) is 1.17. The summed E-state index contributed by atoms with van der Waals surface area (Å²) in [7, 11) is -2.79. The van der Waals surface area contributed by atoms with E-state index in [1.54, 1.807) is 0 Å². The predicted molar refractivity (Wildman–Crippen MR) is 40.6 cm³/mol. The molecule has 1 N–H and O–H groups in total. The molecule has 0 radical (unpaired) electrons. The van der Waals surface area contributed by atoms with E-state index >= 15 is 0 Å². The van der Waals surface area contributed by atoms with E-state index in [2.05, 4.69) is 0 Å². The summed E-state index contributed by atoms with van der Waals surface area (Å²) in [6.45, 7) is 0.157. The maximum Gasteiger partial charge on any atom is 0.147 e. The SMILES string of the molecule is CS(=O)(=O)CCCCCO. The fourth-order valence-corrected chi connectivity index (χ4v) is 1.38. The van der Waals surface area contributed by atoms with Crippen LogP contribution in [0, 0.1) is 0 Å². The molecule has 0 unspecified atom stereocenters. The van der Waals surface area contributed by atoms with E-state index in [9.17, 15) is 8.42 Å². The van der Waals surface area contributed by atoms with Crippen molar-refractivity contribution in [3.8, 4) is 0 Å². The summed E-state index contributed by atoms with van der Waals surface area (Å²) >= 11 is 0. The summed E-state index contributed by atoms with van der Waals surface area (Å²) in [6.07, 6.45) is 3.39. The Morgan fingerprint density at radius 3 is 2.20 bits per heavy atom. The molecule has 0 aliphatic rings. The van der Waals surface area contributed by atoms with Gasteiger partial charge in [-0.05, 0) is 12.8 Å². The van der Waals surface area contributed by atoms with Gasteiger partial charge in [0.15, 0.2) is 0 Å². The van der Waals surface area contributed by atoms with E-state index in [4.69, 9.17) is 5.11 Å². The molecule has 4 heteroatoms. The molecular formula is C6H14O3S. The number of hydrogen-bond acceptors (Lipinski definition) is 3. The Morgan fingerprint density at radius 1 is 1.20 bits per heavy atom. The molecule has 0 saturated carbocycles. The third-order valence-corrected chi connectivity index (χ3v) is 2.20. The fraction of sp³-hybridized carbons (Fsp3) is 1.00. The van der Waals surface area contributed by atoms with Gasteiger partial charge in [-0.25, -0.2) is 8.42 Å². The summed E-state index contributed by atoms with van der Waals surface area (Å²) in [5, 5.41) is 8.35. The Balaban J connectivity index is 3.21. The first kappa shape index (κ1) is 9.91. The van der Waals surface area contributed by atoms with Gasteiger partial charge in [0.2, 0.25) is 0 Å². The quantitative estimate of drug-likeness (QED) is 0.593. The third kappa shape index (κ3) is 7.91. The summed E-state index contributed by atoms with van der Waals surface area (Å²) < 4.78 is 21.1. The zero-order valence-corrected chi connectivity index (χ0v) is 7.02. The van der Waals surface area contributed by atoms with Crippen molar-refractivity contribution >= 4 is 9.84 Å². The lowest BCUT2D eigenvalue weighted by atomic mass is 10.3. The second-order valence-electron chi connectivity index (χ2n) is 2.41. The summed E-state index contributed by atoms with van der Waals surface area (Å²) in [6, 6.07) is 0. The summed E-state index contributed by atoms with van der Waals surface area (Å²) in [5.41, 5.74) is 0. The molecule has 0 aromatic rings. The molecule has 0 aliphatic heterocycles. The number of rotatable bonds is 5. The van der Waals surface area contributed by atoms with Crippen molar-refractivity contribution in [2.24, 2.45) is 0 Å². The molecular weight excluding hydrogens is 152 g/mol. The monoisotopic (exact) mass is 166 g/mol. The Bertz CT molecular complexity index is 160. The molecule has 0 aromatic carbocycles. The number of sulfone groups is 1. The van der Waals surface area contributed by atoms with Gasteiger partial charge in [0.1, 0.15) is 9.84 Å². The molecule has 0 bridgehead atoms. The van der Waals surface area contributed by atoms with Crippen LogP contribution >= 0.6 is 0 Å².